The Morgan fingerprint density at radius 1 is 0.651 bits per heavy atom. The number of hydrogen-bond donors (Lipinski definition) is 0. The number of hydrogen-bond acceptors (Lipinski definition) is 8. The number of benzene rings is 2. The van der Waals surface area contributed by atoms with Gasteiger partial charge in [0, 0.05) is 32.6 Å². The lowest BCUT2D eigenvalue weighted by atomic mass is 9.90. The average molecular weight is 601 g/mol. The molecular weight excluding hydrogens is 556 g/mol. The van der Waals surface area contributed by atoms with Crippen LogP contribution in [0.15, 0.2) is 60.7 Å². The van der Waals surface area contributed by atoms with Crippen LogP contribution in [0, 0.1) is 5.41 Å². The molecule has 0 aliphatic carbocycles. The molecule has 0 bridgehead atoms. The van der Waals surface area contributed by atoms with Crippen molar-refractivity contribution in [2.45, 2.75) is 53.0 Å². The monoisotopic (exact) mass is 600 g/mol. The van der Waals surface area contributed by atoms with E-state index < -0.39 is 41.5 Å². The van der Waals surface area contributed by atoms with Crippen LogP contribution in [0.25, 0.3) is 0 Å². The minimum Gasteiger partial charge on any atom is -0.445 e. The molecule has 0 aliphatic rings. The Balaban J connectivity index is 2.32. The number of carbonyl (C=O) groups excluding carboxylic acids is 4. The second-order valence-electron chi connectivity index (χ2n) is 10.9. The van der Waals surface area contributed by atoms with E-state index in [1.54, 1.807) is 13.8 Å². The van der Waals surface area contributed by atoms with Gasteiger partial charge in [0.05, 0.1) is 14.2 Å². The van der Waals surface area contributed by atoms with Crippen molar-refractivity contribution in [3.63, 3.8) is 0 Å². The Morgan fingerprint density at radius 2 is 0.977 bits per heavy atom. The van der Waals surface area contributed by atoms with Crippen molar-refractivity contribution in [3.8, 4) is 0 Å². The molecule has 0 radical (unpaired) electrons. The molecule has 4 amide bonds. The minimum atomic E-state index is -0.968. The van der Waals surface area contributed by atoms with E-state index in [1.807, 2.05) is 74.5 Å². The molecule has 0 aliphatic heterocycles. The molecule has 236 valence electrons. The molecular formula is C31H44N4O8. The van der Waals surface area contributed by atoms with Crippen LogP contribution in [0.5, 0.6) is 0 Å². The van der Waals surface area contributed by atoms with Crippen molar-refractivity contribution >= 4 is 24.0 Å². The number of ether oxygens (including phenoxy) is 2. The summed E-state index contributed by atoms with van der Waals surface area (Å²) in [7, 11) is 5.59. The molecule has 0 heterocycles. The number of carbonyl (C=O) groups is 4. The molecule has 0 N–H and O–H groups in total. The number of likely N-dealkylation sites (N-methyl/N-ethyl adjacent to an activating group) is 2. The number of amides is 4. The summed E-state index contributed by atoms with van der Waals surface area (Å²) in [4.78, 5) is 65.6. The quantitative estimate of drug-likeness (QED) is 0.298. The highest BCUT2D eigenvalue weighted by molar-refractivity contribution is 5.85. The van der Waals surface area contributed by atoms with Gasteiger partial charge >= 0.3 is 12.2 Å². The fraction of sp³-hybridized carbons (Fsp3) is 0.484. The molecule has 12 nitrogen and oxygen atoms in total. The molecule has 43 heavy (non-hydrogen) atoms. The summed E-state index contributed by atoms with van der Waals surface area (Å²) >= 11 is 0. The normalized spacial score (nSPS) is 12.5. The number of nitrogens with zero attached hydrogens (tertiary/aromatic N) is 4. The first-order chi connectivity index (χ1) is 20.3. The van der Waals surface area contributed by atoms with E-state index in [1.165, 1.54) is 38.1 Å². The fourth-order valence-electron chi connectivity index (χ4n) is 4.27. The molecule has 0 aromatic heterocycles. The van der Waals surface area contributed by atoms with Gasteiger partial charge in [0.1, 0.15) is 25.3 Å². The van der Waals surface area contributed by atoms with E-state index in [-0.39, 0.29) is 26.3 Å². The Hall–Kier alpha value is -4.16. The van der Waals surface area contributed by atoms with E-state index in [0.29, 0.717) is 0 Å². The van der Waals surface area contributed by atoms with Crippen molar-refractivity contribution in [2.24, 2.45) is 5.41 Å². The SMILES string of the molecule is CON(C)C(=O)[C@@H](C)N(CC(C)(C)CN(C(=O)OCc1ccccc1)[C@H](C)C(=O)N(C)OC)C(=O)OCc1ccccc1. The van der Waals surface area contributed by atoms with Crippen LogP contribution in [0.2, 0.25) is 0 Å². The van der Waals surface area contributed by atoms with Crippen LogP contribution in [-0.2, 0) is 42.0 Å². The third kappa shape index (κ3) is 10.6. The van der Waals surface area contributed by atoms with Crippen LogP contribution in [0.4, 0.5) is 9.59 Å². The Bertz CT molecular complexity index is 1100. The third-order valence-corrected chi connectivity index (χ3v) is 6.89. The maximum Gasteiger partial charge on any atom is 0.410 e. The van der Waals surface area contributed by atoms with Gasteiger partial charge in [-0.15, -0.1) is 0 Å². The summed E-state index contributed by atoms with van der Waals surface area (Å²) in [5.74, 6) is -0.946. The molecule has 2 atom stereocenters. The summed E-state index contributed by atoms with van der Waals surface area (Å²) in [5.41, 5.74) is 0.715. The molecule has 0 spiro atoms. The summed E-state index contributed by atoms with van der Waals surface area (Å²) in [6.45, 7) is 6.78. The van der Waals surface area contributed by atoms with E-state index in [0.717, 1.165) is 21.3 Å². The lowest BCUT2D eigenvalue weighted by Gasteiger charge is -2.40. The predicted molar refractivity (Wildman–Crippen MR) is 159 cm³/mol. The van der Waals surface area contributed by atoms with Crippen molar-refractivity contribution in [3.05, 3.63) is 71.8 Å². The Labute approximate surface area is 253 Å². The van der Waals surface area contributed by atoms with Crippen molar-refractivity contribution in [1.29, 1.82) is 0 Å². The van der Waals surface area contributed by atoms with Gasteiger partial charge in [-0.25, -0.2) is 19.7 Å². The minimum absolute atomic E-state index is 0.00442. The van der Waals surface area contributed by atoms with Crippen LogP contribution < -0.4 is 0 Å². The lowest BCUT2D eigenvalue weighted by Crippen LogP contribution is -2.55. The van der Waals surface area contributed by atoms with Gasteiger partial charge in [0.2, 0.25) is 0 Å². The molecule has 12 heteroatoms. The van der Waals surface area contributed by atoms with Crippen LogP contribution in [0.1, 0.15) is 38.8 Å². The van der Waals surface area contributed by atoms with E-state index in [9.17, 15) is 19.2 Å². The topological polar surface area (TPSA) is 118 Å². The summed E-state index contributed by atoms with van der Waals surface area (Å²) < 4.78 is 11.2. The van der Waals surface area contributed by atoms with Crippen LogP contribution in [0.3, 0.4) is 0 Å². The first-order valence-electron chi connectivity index (χ1n) is 13.9. The highest BCUT2D eigenvalue weighted by Gasteiger charge is 2.38. The highest BCUT2D eigenvalue weighted by atomic mass is 16.7. The summed E-state index contributed by atoms with van der Waals surface area (Å²) in [6, 6.07) is 16.4. The highest BCUT2D eigenvalue weighted by Crippen LogP contribution is 2.24. The molecule has 2 aromatic carbocycles. The van der Waals surface area contributed by atoms with Gasteiger partial charge in [0.25, 0.3) is 11.8 Å². The van der Waals surface area contributed by atoms with Gasteiger partial charge in [0.15, 0.2) is 0 Å². The van der Waals surface area contributed by atoms with Gasteiger partial charge in [-0.2, -0.15) is 0 Å². The summed E-state index contributed by atoms with van der Waals surface area (Å²) in [6.07, 6.45) is -1.44. The maximum absolute atomic E-state index is 13.4. The van der Waals surface area contributed by atoms with Gasteiger partial charge in [-0.05, 0) is 25.0 Å². The second kappa shape index (κ2) is 16.5. The van der Waals surface area contributed by atoms with Crippen LogP contribution >= 0.6 is 0 Å². The molecule has 2 aromatic rings. The first kappa shape index (κ1) is 35.0. The number of hydroxylamine groups is 4. The largest absolute Gasteiger partial charge is 0.445 e. The molecule has 2 rings (SSSR count). The molecule has 0 unspecified atom stereocenters. The third-order valence-electron chi connectivity index (χ3n) is 6.89. The zero-order chi connectivity index (χ0) is 32.2. The molecule has 0 saturated carbocycles. The lowest BCUT2D eigenvalue weighted by molar-refractivity contribution is -0.174. The Kier molecular flexibility index (Phi) is 13.4. The molecule has 0 fully saturated rings. The first-order valence-corrected chi connectivity index (χ1v) is 13.9. The van der Waals surface area contributed by atoms with Crippen LogP contribution in [-0.4, -0.2) is 97.4 Å². The zero-order valence-corrected chi connectivity index (χ0v) is 26.3. The van der Waals surface area contributed by atoms with Crippen molar-refractivity contribution in [2.75, 3.05) is 41.4 Å². The van der Waals surface area contributed by atoms with E-state index >= 15 is 0 Å². The number of rotatable bonds is 14. The maximum atomic E-state index is 13.4. The van der Waals surface area contributed by atoms with Crippen molar-refractivity contribution < 1.29 is 38.3 Å². The van der Waals surface area contributed by atoms with Gasteiger partial charge < -0.3 is 9.47 Å². The standard InChI is InChI=1S/C31H44N4O8/c1-23(27(36)32(5)40-7)34(29(38)42-19-25-15-11-9-12-16-25)21-31(3,4)22-35(24(2)28(37)33(6)41-8)30(39)43-20-26-17-13-10-14-18-26/h9-18,23-24H,19-22H2,1-8H3/t23-,24-/m1/s1. The van der Waals surface area contributed by atoms with Crippen molar-refractivity contribution in [1.82, 2.24) is 19.9 Å². The Morgan fingerprint density at radius 3 is 1.28 bits per heavy atom. The van der Waals surface area contributed by atoms with Gasteiger partial charge in [-0.1, -0.05) is 74.5 Å². The average Bonchev–Trinajstić information content (AvgIpc) is 3.02. The van der Waals surface area contributed by atoms with E-state index in [4.69, 9.17) is 19.1 Å². The predicted octanol–water partition coefficient (Wildman–Crippen LogP) is 4.11. The van der Waals surface area contributed by atoms with E-state index in [2.05, 4.69) is 0 Å². The zero-order valence-electron chi connectivity index (χ0n) is 26.3. The second-order valence-corrected chi connectivity index (χ2v) is 10.9. The molecule has 0 saturated heterocycles. The fourth-order valence-corrected chi connectivity index (χ4v) is 4.27. The van der Waals surface area contributed by atoms with Gasteiger partial charge in [-0.3, -0.25) is 29.1 Å². The summed E-state index contributed by atoms with van der Waals surface area (Å²) in [5, 5.41) is 2.06. The smallest absolute Gasteiger partial charge is 0.410 e.